The minimum Gasteiger partial charge on any atom is -0.480 e. The summed E-state index contributed by atoms with van der Waals surface area (Å²) < 4.78 is 0. The van der Waals surface area contributed by atoms with Crippen LogP contribution in [-0.2, 0) is 19.2 Å². The number of guanidine groups is 1. The van der Waals surface area contributed by atoms with Crippen molar-refractivity contribution in [1.29, 1.82) is 0 Å². The highest BCUT2D eigenvalue weighted by molar-refractivity contribution is 5.94. The molecule has 0 aliphatic heterocycles. The molecule has 0 aliphatic carbocycles. The van der Waals surface area contributed by atoms with Gasteiger partial charge in [-0.2, -0.15) is 0 Å². The Morgan fingerprint density at radius 1 is 0.906 bits per heavy atom. The average Bonchev–Trinajstić information content (AvgIpc) is 2.66. The second-order valence-electron chi connectivity index (χ2n) is 8.05. The van der Waals surface area contributed by atoms with Gasteiger partial charge < -0.3 is 43.4 Å². The standard InChI is InChI=1S/C19H37N7O6/c1-9(2)8-13(17(30)26-14(11(4)27)18(31)32)25-16(29)12(24-15(28)10(3)20)6-5-7-23-19(21)22/h9-14,27H,5-8,20H2,1-4H3,(H,24,28)(H,25,29)(H,26,30)(H,31,32)(H4,21,22,23). The van der Waals surface area contributed by atoms with Crippen molar-refractivity contribution in [2.45, 2.75) is 77.2 Å². The second kappa shape index (κ2) is 14.2. The first kappa shape index (κ1) is 29.1. The fraction of sp³-hybridized carbons (Fsp3) is 0.737. The predicted octanol–water partition coefficient (Wildman–Crippen LogP) is -2.65. The Morgan fingerprint density at radius 2 is 1.44 bits per heavy atom. The summed E-state index contributed by atoms with van der Waals surface area (Å²) in [7, 11) is 0. The number of hydrogen-bond acceptors (Lipinski definition) is 7. The zero-order valence-electron chi connectivity index (χ0n) is 19.0. The lowest BCUT2D eigenvalue weighted by Gasteiger charge is -2.26. The molecule has 13 heteroatoms. The highest BCUT2D eigenvalue weighted by Gasteiger charge is 2.31. The summed E-state index contributed by atoms with van der Waals surface area (Å²) in [5.41, 5.74) is 16.1. The van der Waals surface area contributed by atoms with Crippen LogP contribution in [-0.4, -0.2) is 76.7 Å². The van der Waals surface area contributed by atoms with Crippen molar-refractivity contribution in [1.82, 2.24) is 16.0 Å². The first-order chi connectivity index (χ1) is 14.8. The van der Waals surface area contributed by atoms with Gasteiger partial charge in [-0.25, -0.2) is 4.79 Å². The van der Waals surface area contributed by atoms with Crippen LogP contribution in [0.15, 0.2) is 4.99 Å². The molecule has 184 valence electrons. The molecule has 0 radical (unpaired) electrons. The predicted molar refractivity (Wildman–Crippen MR) is 118 cm³/mol. The fourth-order valence-corrected chi connectivity index (χ4v) is 2.69. The minimum atomic E-state index is -1.54. The van der Waals surface area contributed by atoms with E-state index in [4.69, 9.17) is 17.2 Å². The maximum atomic E-state index is 12.9. The molecule has 11 N–H and O–H groups in total. The molecule has 5 atom stereocenters. The van der Waals surface area contributed by atoms with E-state index in [-0.39, 0.29) is 31.3 Å². The Labute approximate surface area is 187 Å². The SMILES string of the molecule is CC(C)CC(NC(=O)C(CCCN=C(N)N)NC(=O)C(C)N)C(=O)NC(C(=O)O)C(C)O. The van der Waals surface area contributed by atoms with Crippen LogP contribution >= 0.6 is 0 Å². The van der Waals surface area contributed by atoms with Crippen molar-refractivity contribution in [3.05, 3.63) is 0 Å². The Bertz CT molecular complexity index is 677. The number of amides is 3. The van der Waals surface area contributed by atoms with Crippen molar-refractivity contribution >= 4 is 29.7 Å². The Hall–Kier alpha value is -2.93. The number of carboxylic acids is 1. The van der Waals surface area contributed by atoms with Gasteiger partial charge in [-0.15, -0.1) is 0 Å². The number of aliphatic hydroxyl groups is 1. The summed E-state index contributed by atoms with van der Waals surface area (Å²) >= 11 is 0. The average molecular weight is 460 g/mol. The van der Waals surface area contributed by atoms with E-state index in [1.54, 1.807) is 0 Å². The zero-order valence-corrected chi connectivity index (χ0v) is 19.0. The highest BCUT2D eigenvalue weighted by atomic mass is 16.4. The molecule has 0 aliphatic rings. The summed E-state index contributed by atoms with van der Waals surface area (Å²) in [6.07, 6.45) is -0.617. The van der Waals surface area contributed by atoms with Gasteiger partial charge >= 0.3 is 5.97 Å². The number of aliphatic carboxylic acids is 1. The Kier molecular flexibility index (Phi) is 12.9. The third-order valence-corrected chi connectivity index (χ3v) is 4.38. The molecule has 3 amide bonds. The van der Waals surface area contributed by atoms with Gasteiger partial charge in [0, 0.05) is 6.54 Å². The molecule has 0 aromatic rings. The molecule has 0 fully saturated rings. The molecular formula is C19H37N7O6. The van der Waals surface area contributed by atoms with E-state index < -0.39 is 54.0 Å². The second-order valence-corrected chi connectivity index (χ2v) is 8.05. The smallest absolute Gasteiger partial charge is 0.328 e. The van der Waals surface area contributed by atoms with Gasteiger partial charge in [-0.3, -0.25) is 19.4 Å². The third kappa shape index (κ3) is 11.5. The van der Waals surface area contributed by atoms with Crippen molar-refractivity contribution in [3.63, 3.8) is 0 Å². The molecule has 0 bridgehead atoms. The van der Waals surface area contributed by atoms with Crippen LogP contribution < -0.4 is 33.2 Å². The highest BCUT2D eigenvalue weighted by Crippen LogP contribution is 2.08. The first-order valence-electron chi connectivity index (χ1n) is 10.4. The molecule has 0 saturated heterocycles. The van der Waals surface area contributed by atoms with Crippen molar-refractivity contribution in [2.24, 2.45) is 28.1 Å². The van der Waals surface area contributed by atoms with Crippen LogP contribution in [0.1, 0.15) is 47.0 Å². The van der Waals surface area contributed by atoms with Crippen molar-refractivity contribution in [2.75, 3.05) is 6.54 Å². The monoisotopic (exact) mass is 459 g/mol. The number of carbonyl (C=O) groups excluding carboxylic acids is 3. The number of aliphatic imine (C=N–C) groups is 1. The molecule has 0 aromatic carbocycles. The lowest BCUT2D eigenvalue weighted by atomic mass is 10.0. The van der Waals surface area contributed by atoms with Crippen LogP contribution in [0, 0.1) is 5.92 Å². The number of nitrogens with one attached hydrogen (secondary N) is 3. The largest absolute Gasteiger partial charge is 0.480 e. The first-order valence-corrected chi connectivity index (χ1v) is 10.4. The van der Waals surface area contributed by atoms with Crippen molar-refractivity contribution in [3.8, 4) is 0 Å². The van der Waals surface area contributed by atoms with Gasteiger partial charge in [0.15, 0.2) is 12.0 Å². The minimum absolute atomic E-state index is 0.0279. The quantitative estimate of drug-likeness (QED) is 0.0768. The van der Waals surface area contributed by atoms with Crippen LogP contribution in [0.2, 0.25) is 0 Å². The molecule has 5 unspecified atom stereocenters. The number of carbonyl (C=O) groups is 4. The molecule has 0 heterocycles. The van der Waals surface area contributed by atoms with Gasteiger partial charge in [-0.05, 0) is 39.0 Å². The molecular weight excluding hydrogens is 422 g/mol. The van der Waals surface area contributed by atoms with E-state index in [9.17, 15) is 29.4 Å². The summed E-state index contributed by atoms with van der Waals surface area (Å²) in [4.78, 5) is 52.7. The Balaban J connectivity index is 5.46. The normalized spacial score (nSPS) is 15.6. The number of nitrogens with two attached hydrogens (primary N) is 3. The van der Waals surface area contributed by atoms with Crippen LogP contribution in [0.4, 0.5) is 0 Å². The van der Waals surface area contributed by atoms with Gasteiger partial charge in [0.25, 0.3) is 0 Å². The van der Waals surface area contributed by atoms with Gasteiger partial charge in [0.2, 0.25) is 17.7 Å². The summed E-state index contributed by atoms with van der Waals surface area (Å²) in [5, 5.41) is 26.1. The number of rotatable bonds is 14. The van der Waals surface area contributed by atoms with Gasteiger partial charge in [-0.1, -0.05) is 13.8 Å². The maximum Gasteiger partial charge on any atom is 0.328 e. The molecule has 0 saturated carbocycles. The molecule has 13 nitrogen and oxygen atoms in total. The van der Waals surface area contributed by atoms with E-state index >= 15 is 0 Å². The summed E-state index contributed by atoms with van der Waals surface area (Å²) in [6.45, 7) is 6.55. The van der Waals surface area contributed by atoms with E-state index in [1.807, 2.05) is 13.8 Å². The van der Waals surface area contributed by atoms with Gasteiger partial charge in [0.05, 0.1) is 12.1 Å². The molecule has 0 rings (SSSR count). The molecule has 32 heavy (non-hydrogen) atoms. The number of aliphatic hydroxyl groups excluding tert-OH is 1. The van der Waals surface area contributed by atoms with E-state index in [1.165, 1.54) is 13.8 Å². The van der Waals surface area contributed by atoms with E-state index in [2.05, 4.69) is 20.9 Å². The summed E-state index contributed by atoms with van der Waals surface area (Å²) in [5.74, 6) is -3.52. The van der Waals surface area contributed by atoms with Crippen LogP contribution in [0.25, 0.3) is 0 Å². The van der Waals surface area contributed by atoms with Crippen LogP contribution in [0.5, 0.6) is 0 Å². The van der Waals surface area contributed by atoms with E-state index in [0.29, 0.717) is 6.42 Å². The van der Waals surface area contributed by atoms with Gasteiger partial charge in [0.1, 0.15) is 12.1 Å². The topological polar surface area (TPSA) is 235 Å². The van der Waals surface area contributed by atoms with Crippen molar-refractivity contribution < 1.29 is 29.4 Å². The number of nitrogens with zero attached hydrogens (tertiary/aromatic N) is 1. The third-order valence-electron chi connectivity index (χ3n) is 4.38. The maximum absolute atomic E-state index is 12.9. The van der Waals surface area contributed by atoms with Crippen LogP contribution in [0.3, 0.4) is 0 Å². The number of hydrogen-bond donors (Lipinski definition) is 8. The summed E-state index contributed by atoms with van der Waals surface area (Å²) in [6, 6.07) is -4.50. The molecule has 0 aromatic heterocycles. The zero-order chi connectivity index (χ0) is 25.0. The van der Waals surface area contributed by atoms with E-state index in [0.717, 1.165) is 0 Å². The lowest BCUT2D eigenvalue weighted by molar-refractivity contribution is -0.145. The number of carboxylic acid groups (broad SMARTS) is 1. The fourth-order valence-electron chi connectivity index (χ4n) is 2.69. The Morgan fingerprint density at radius 3 is 1.88 bits per heavy atom. The molecule has 0 spiro atoms. The lowest BCUT2D eigenvalue weighted by Crippen LogP contribution is -2.58.